The van der Waals surface area contributed by atoms with Crippen LogP contribution in [0.4, 0.5) is 9.18 Å². The topological polar surface area (TPSA) is 87.7 Å². The smallest absolute Gasteiger partial charge is 0.409 e. The van der Waals surface area contributed by atoms with Gasteiger partial charge in [0.25, 0.3) is 5.91 Å². The maximum absolute atomic E-state index is 14.7. The number of hydrogen-bond donors (Lipinski definition) is 2. The molecule has 3 rings (SSSR count). The first kappa shape index (κ1) is 26.3. The highest BCUT2D eigenvalue weighted by molar-refractivity contribution is 5.94. The lowest BCUT2D eigenvalue weighted by Gasteiger charge is -2.45. The lowest BCUT2D eigenvalue weighted by Crippen LogP contribution is -2.65. The van der Waals surface area contributed by atoms with E-state index in [9.17, 15) is 18.8 Å². The Hall–Kier alpha value is -3.26. The van der Waals surface area contributed by atoms with Gasteiger partial charge in [0.1, 0.15) is 23.4 Å². The van der Waals surface area contributed by atoms with Crippen LogP contribution in [0.2, 0.25) is 0 Å². The van der Waals surface area contributed by atoms with Crippen molar-refractivity contribution < 1.29 is 23.5 Å². The van der Waals surface area contributed by atoms with E-state index in [2.05, 4.69) is 10.6 Å². The zero-order valence-electron chi connectivity index (χ0n) is 20.6. The average Bonchev–Trinajstić information content (AvgIpc) is 3.28. The van der Waals surface area contributed by atoms with Crippen LogP contribution in [0.15, 0.2) is 54.6 Å². The lowest BCUT2D eigenvalue weighted by atomic mass is 9.93. The lowest BCUT2D eigenvalue weighted by molar-refractivity contribution is -0.111. The van der Waals surface area contributed by atoms with Crippen molar-refractivity contribution in [3.8, 4) is 0 Å². The highest BCUT2D eigenvalue weighted by Crippen LogP contribution is 2.31. The molecule has 1 aliphatic rings. The number of likely N-dealkylation sites (tertiary alicyclic amines) is 1. The van der Waals surface area contributed by atoms with Crippen molar-refractivity contribution in [1.29, 1.82) is 0 Å². The highest BCUT2D eigenvalue weighted by Gasteiger charge is 2.45. The van der Waals surface area contributed by atoms with Crippen LogP contribution in [0.5, 0.6) is 0 Å². The maximum atomic E-state index is 14.7. The van der Waals surface area contributed by atoms with Gasteiger partial charge in [-0.1, -0.05) is 36.4 Å². The van der Waals surface area contributed by atoms with Gasteiger partial charge in [0.05, 0.1) is 0 Å². The molecular weight excluding hydrogens is 449 g/mol. The monoisotopic (exact) mass is 483 g/mol. The van der Waals surface area contributed by atoms with Crippen molar-refractivity contribution in [1.82, 2.24) is 15.5 Å². The fourth-order valence-corrected chi connectivity index (χ4v) is 4.56. The van der Waals surface area contributed by atoms with Gasteiger partial charge < -0.3 is 20.2 Å². The molecule has 1 heterocycles. The minimum atomic E-state index is -1.22. The van der Waals surface area contributed by atoms with Crippen molar-refractivity contribution >= 4 is 18.3 Å². The van der Waals surface area contributed by atoms with Crippen LogP contribution < -0.4 is 10.6 Å². The predicted octanol–water partition coefficient (Wildman–Crippen LogP) is 4.07. The summed E-state index contributed by atoms with van der Waals surface area (Å²) in [5, 5.41) is 5.87. The summed E-state index contributed by atoms with van der Waals surface area (Å²) in [4.78, 5) is 39.4. The third kappa shape index (κ3) is 7.11. The average molecular weight is 484 g/mol. The van der Waals surface area contributed by atoms with E-state index < -0.39 is 23.2 Å². The molecule has 0 saturated carbocycles. The van der Waals surface area contributed by atoms with Crippen LogP contribution in [-0.2, 0) is 16.0 Å². The van der Waals surface area contributed by atoms with E-state index in [1.807, 2.05) is 11.0 Å². The van der Waals surface area contributed by atoms with Crippen LogP contribution in [-0.4, -0.2) is 53.6 Å². The molecule has 7 nitrogen and oxygen atoms in total. The molecule has 35 heavy (non-hydrogen) atoms. The number of benzene rings is 2. The molecule has 0 radical (unpaired) electrons. The summed E-state index contributed by atoms with van der Waals surface area (Å²) in [5.74, 6) is -0.616. The van der Waals surface area contributed by atoms with E-state index in [1.54, 1.807) is 63.2 Å². The van der Waals surface area contributed by atoms with Gasteiger partial charge in [-0.2, -0.15) is 0 Å². The molecule has 2 aromatic carbocycles. The Morgan fingerprint density at radius 2 is 1.80 bits per heavy atom. The van der Waals surface area contributed by atoms with E-state index in [1.165, 1.54) is 6.07 Å². The van der Waals surface area contributed by atoms with Gasteiger partial charge in [-0.05, 0) is 57.4 Å². The molecule has 8 heteroatoms. The molecular formula is C27H34FN3O4. The summed E-state index contributed by atoms with van der Waals surface area (Å²) in [6.07, 6.45) is 1.61. The quantitative estimate of drug-likeness (QED) is 0.525. The Kier molecular flexibility index (Phi) is 8.62. The molecule has 1 aliphatic heterocycles. The summed E-state index contributed by atoms with van der Waals surface area (Å²) >= 11 is 0. The van der Waals surface area contributed by atoms with Crippen molar-refractivity contribution in [3.63, 3.8) is 0 Å². The minimum absolute atomic E-state index is 0.0658. The highest BCUT2D eigenvalue weighted by atomic mass is 19.1. The standard InChI is InChI=1S/C27H34FN3O4/c1-26(2,3)35-25(34)30-27(15-17-32,18-21-12-7-8-14-23(21)28)31-16-9-13-22(31)19-29-24(33)20-10-5-4-6-11-20/h4-8,10-12,14,17,22H,9,13,15-16,18-19H2,1-3H3,(H,29,33)(H,30,34)/t22-,27?/m0/s1. The summed E-state index contributed by atoms with van der Waals surface area (Å²) in [5.41, 5.74) is -1.03. The van der Waals surface area contributed by atoms with Crippen molar-refractivity contribution in [2.24, 2.45) is 0 Å². The van der Waals surface area contributed by atoms with Crippen LogP contribution in [0.25, 0.3) is 0 Å². The third-order valence-electron chi connectivity index (χ3n) is 6.06. The molecule has 2 aromatic rings. The Bertz CT molecular complexity index is 1020. The molecule has 2 atom stereocenters. The van der Waals surface area contributed by atoms with Crippen molar-refractivity contribution in [2.75, 3.05) is 13.1 Å². The maximum Gasteiger partial charge on any atom is 0.409 e. The number of halogens is 1. The molecule has 1 fully saturated rings. The van der Waals surface area contributed by atoms with Crippen LogP contribution in [0, 0.1) is 5.82 Å². The molecule has 188 valence electrons. The summed E-state index contributed by atoms with van der Waals surface area (Å²) in [6.45, 7) is 6.15. The van der Waals surface area contributed by atoms with Gasteiger partial charge in [0.2, 0.25) is 0 Å². The van der Waals surface area contributed by atoms with Crippen LogP contribution in [0.3, 0.4) is 0 Å². The normalized spacial score (nSPS) is 17.9. The fraction of sp³-hybridized carbons (Fsp3) is 0.444. The van der Waals surface area contributed by atoms with Crippen LogP contribution in [0.1, 0.15) is 56.0 Å². The van der Waals surface area contributed by atoms with Gasteiger partial charge in [-0.15, -0.1) is 0 Å². The molecule has 1 saturated heterocycles. The fourth-order valence-electron chi connectivity index (χ4n) is 4.56. The number of alkyl carbamates (subject to hydrolysis) is 1. The van der Waals surface area contributed by atoms with Gasteiger partial charge in [0.15, 0.2) is 0 Å². The van der Waals surface area contributed by atoms with Gasteiger partial charge in [-0.3, -0.25) is 9.69 Å². The molecule has 0 aromatic heterocycles. The largest absolute Gasteiger partial charge is 0.444 e. The minimum Gasteiger partial charge on any atom is -0.444 e. The number of nitrogens with zero attached hydrogens (tertiary/aromatic N) is 1. The second-order valence-electron chi connectivity index (χ2n) is 9.86. The van der Waals surface area contributed by atoms with Gasteiger partial charge in [-0.25, -0.2) is 9.18 Å². The first-order valence-corrected chi connectivity index (χ1v) is 11.9. The predicted molar refractivity (Wildman–Crippen MR) is 131 cm³/mol. The summed E-state index contributed by atoms with van der Waals surface area (Å²) in [7, 11) is 0. The zero-order chi connectivity index (χ0) is 25.5. The van der Waals surface area contributed by atoms with E-state index in [-0.39, 0.29) is 24.8 Å². The molecule has 2 N–H and O–H groups in total. The number of ether oxygens (including phenoxy) is 1. The zero-order valence-corrected chi connectivity index (χ0v) is 20.6. The summed E-state index contributed by atoms with van der Waals surface area (Å²) < 4.78 is 20.2. The first-order valence-electron chi connectivity index (χ1n) is 11.9. The Balaban J connectivity index is 1.89. The number of rotatable bonds is 9. The van der Waals surface area contributed by atoms with E-state index in [0.717, 1.165) is 19.1 Å². The second kappa shape index (κ2) is 11.4. The number of aldehydes is 1. The Labute approximate surface area is 206 Å². The Morgan fingerprint density at radius 1 is 1.11 bits per heavy atom. The SMILES string of the molecule is CC(C)(C)OC(=O)NC(CC=O)(Cc1ccccc1F)N1CCC[C@H]1CNC(=O)c1ccccc1. The number of hydrogen-bond acceptors (Lipinski definition) is 5. The van der Waals surface area contributed by atoms with Gasteiger partial charge in [0, 0.05) is 37.5 Å². The number of amides is 2. The van der Waals surface area contributed by atoms with E-state index in [0.29, 0.717) is 24.2 Å². The molecule has 1 unspecified atom stereocenters. The Morgan fingerprint density at radius 3 is 2.46 bits per heavy atom. The summed E-state index contributed by atoms with van der Waals surface area (Å²) in [6, 6.07) is 15.1. The number of carbonyl (C=O) groups excluding carboxylic acids is 3. The second-order valence-corrected chi connectivity index (χ2v) is 9.86. The number of nitrogens with one attached hydrogen (secondary N) is 2. The van der Waals surface area contributed by atoms with E-state index in [4.69, 9.17) is 4.74 Å². The van der Waals surface area contributed by atoms with Crippen molar-refractivity contribution in [3.05, 3.63) is 71.5 Å². The van der Waals surface area contributed by atoms with E-state index >= 15 is 0 Å². The molecule has 0 aliphatic carbocycles. The molecule has 0 bridgehead atoms. The first-order chi connectivity index (χ1) is 16.6. The van der Waals surface area contributed by atoms with Gasteiger partial charge >= 0.3 is 6.09 Å². The molecule has 2 amide bonds. The third-order valence-corrected chi connectivity index (χ3v) is 6.06. The number of carbonyl (C=O) groups is 3. The van der Waals surface area contributed by atoms with Crippen molar-refractivity contribution in [2.45, 2.75) is 63.8 Å². The molecule has 0 spiro atoms. The van der Waals surface area contributed by atoms with Crippen LogP contribution >= 0.6 is 0 Å².